The maximum Gasteiger partial charge on any atom is 0.424 e. The van der Waals surface area contributed by atoms with E-state index in [9.17, 15) is 32.3 Å². The summed E-state index contributed by atoms with van der Waals surface area (Å²) in [4.78, 5) is 33.4. The van der Waals surface area contributed by atoms with Gasteiger partial charge in [-0.25, -0.2) is 14.4 Å². The summed E-state index contributed by atoms with van der Waals surface area (Å²) in [6, 6.07) is 14.5. The molecule has 8 nitrogen and oxygen atoms in total. The van der Waals surface area contributed by atoms with Gasteiger partial charge >= 0.3 is 6.18 Å². The lowest BCUT2D eigenvalue weighted by Crippen LogP contribution is -2.52. The lowest BCUT2D eigenvalue weighted by molar-refractivity contribution is -0.265. The molecule has 2 aromatic carbocycles. The number of carbonyl (C=O) groups is 2. The monoisotopic (exact) mass is 586 g/mol. The van der Waals surface area contributed by atoms with E-state index in [1.807, 2.05) is 0 Å². The van der Waals surface area contributed by atoms with Gasteiger partial charge in [0.2, 0.25) is 11.5 Å². The van der Waals surface area contributed by atoms with Gasteiger partial charge in [0, 0.05) is 22.1 Å². The first-order valence-electron chi connectivity index (χ1n) is 12.2. The number of benzene rings is 2. The van der Waals surface area contributed by atoms with E-state index < -0.39 is 47.1 Å². The fourth-order valence-corrected chi connectivity index (χ4v) is 5.14. The van der Waals surface area contributed by atoms with E-state index in [-0.39, 0.29) is 34.9 Å². The average molecular weight is 587 g/mol. The number of aromatic nitrogens is 2. The normalized spacial score (nSPS) is 17.8. The molecule has 0 saturated heterocycles. The highest BCUT2D eigenvalue weighted by molar-refractivity contribution is 7.13. The molecule has 2 aromatic heterocycles. The predicted molar refractivity (Wildman–Crippen MR) is 142 cm³/mol. The summed E-state index contributed by atoms with van der Waals surface area (Å²) in [5.74, 6) is -2.45. The van der Waals surface area contributed by atoms with E-state index in [0.717, 1.165) is 35.1 Å². The zero-order valence-corrected chi connectivity index (χ0v) is 22.1. The molecule has 0 bridgehead atoms. The maximum atomic E-state index is 14.5. The number of alkyl halides is 3. The number of aliphatic hydroxyl groups is 1. The molecule has 1 aliphatic heterocycles. The van der Waals surface area contributed by atoms with Crippen molar-refractivity contribution in [2.45, 2.75) is 24.1 Å². The first-order chi connectivity index (χ1) is 19.3. The smallest absolute Gasteiger partial charge is 0.424 e. The number of fused-ring (bicyclic) bond motifs is 1. The van der Waals surface area contributed by atoms with E-state index in [1.54, 1.807) is 30.3 Å². The maximum absolute atomic E-state index is 14.5. The van der Waals surface area contributed by atoms with Gasteiger partial charge in [0.25, 0.3) is 5.91 Å². The highest BCUT2D eigenvalue weighted by Gasteiger charge is 2.57. The quantitative estimate of drug-likeness (QED) is 0.277. The Labute approximate surface area is 234 Å². The number of nitrogens with one attached hydrogen (secondary N) is 1. The van der Waals surface area contributed by atoms with Crippen LogP contribution in [0.3, 0.4) is 0 Å². The van der Waals surface area contributed by atoms with E-state index in [0.29, 0.717) is 5.01 Å². The first kappa shape index (κ1) is 28.2. The molecule has 5 rings (SSSR count). The number of carbonyl (C=O) groups excluding carboxylic acids is 2. The van der Waals surface area contributed by atoms with E-state index in [1.165, 1.54) is 24.4 Å². The zero-order valence-electron chi connectivity index (χ0n) is 21.3. The number of hydrogen-bond donors (Lipinski definition) is 3. The molecule has 1 aliphatic rings. The standard InChI is InChI=1S/C28H22F4N4O4S/c1-26(25(33)38)14-40-22-18(26)11-20(36-21(22)15-7-9-17(29)10-8-15)27(39,28(30,31)32)13-34-23(37)19-12-41-24(35-19)16-5-3-2-4-6-16/h2-12,39H,13-14H2,1H3,(H2,33,38)(H,34,37)/t26-,27?/m0/s1. The Morgan fingerprint density at radius 1 is 1.10 bits per heavy atom. The van der Waals surface area contributed by atoms with Crippen LogP contribution in [0.25, 0.3) is 21.8 Å². The van der Waals surface area contributed by atoms with Crippen molar-refractivity contribution in [2.24, 2.45) is 5.73 Å². The molecule has 0 saturated carbocycles. The molecular weight excluding hydrogens is 564 g/mol. The van der Waals surface area contributed by atoms with E-state index in [2.05, 4.69) is 15.3 Å². The van der Waals surface area contributed by atoms with Gasteiger partial charge in [0.15, 0.2) is 0 Å². The Kier molecular flexibility index (Phi) is 7.03. The van der Waals surface area contributed by atoms with Gasteiger partial charge < -0.3 is 20.9 Å². The molecule has 3 heterocycles. The first-order valence-corrected chi connectivity index (χ1v) is 13.0. The van der Waals surface area contributed by atoms with Crippen molar-refractivity contribution in [1.29, 1.82) is 0 Å². The molecule has 0 aliphatic carbocycles. The number of rotatable bonds is 7. The summed E-state index contributed by atoms with van der Waals surface area (Å²) < 4.78 is 62.8. The van der Waals surface area contributed by atoms with Crippen molar-refractivity contribution in [3.8, 4) is 27.6 Å². The summed E-state index contributed by atoms with van der Waals surface area (Å²) in [6.07, 6.45) is -5.33. The summed E-state index contributed by atoms with van der Waals surface area (Å²) in [5.41, 5.74) is -0.0363. The minimum atomic E-state index is -5.33. The van der Waals surface area contributed by atoms with Crippen molar-refractivity contribution < 1.29 is 37.0 Å². The SMILES string of the molecule is C[C@]1(C(N)=O)COc2c1cc(C(O)(CNC(=O)c1csc(-c3ccccc3)n1)C(F)(F)F)nc2-c1ccc(F)cc1. The number of thiazole rings is 1. The number of nitrogens with two attached hydrogens (primary N) is 1. The Morgan fingerprint density at radius 2 is 1.78 bits per heavy atom. The highest BCUT2D eigenvalue weighted by atomic mass is 32.1. The molecule has 212 valence electrons. The van der Waals surface area contributed by atoms with Crippen LogP contribution in [-0.2, 0) is 15.8 Å². The van der Waals surface area contributed by atoms with Crippen LogP contribution in [0.1, 0.15) is 28.7 Å². The van der Waals surface area contributed by atoms with Crippen LogP contribution >= 0.6 is 11.3 Å². The Bertz CT molecular complexity index is 1630. The van der Waals surface area contributed by atoms with Crippen molar-refractivity contribution in [3.05, 3.63) is 88.8 Å². The molecule has 13 heteroatoms. The fraction of sp³-hybridized carbons (Fsp3) is 0.214. The topological polar surface area (TPSA) is 127 Å². The van der Waals surface area contributed by atoms with Crippen LogP contribution < -0.4 is 15.8 Å². The van der Waals surface area contributed by atoms with Crippen LogP contribution in [0.4, 0.5) is 17.6 Å². The number of pyridine rings is 1. The van der Waals surface area contributed by atoms with Gasteiger partial charge in [0.05, 0.1) is 12.2 Å². The molecule has 0 spiro atoms. The Morgan fingerprint density at radius 3 is 2.41 bits per heavy atom. The second kappa shape index (κ2) is 10.2. The van der Waals surface area contributed by atoms with Crippen LogP contribution in [0.2, 0.25) is 0 Å². The van der Waals surface area contributed by atoms with E-state index in [4.69, 9.17) is 10.5 Å². The molecule has 0 radical (unpaired) electrons. The summed E-state index contributed by atoms with van der Waals surface area (Å²) in [5, 5.41) is 15.1. The number of primary amides is 1. The number of amides is 2. The molecule has 41 heavy (non-hydrogen) atoms. The fourth-order valence-electron chi connectivity index (χ4n) is 4.33. The number of nitrogens with zero attached hydrogens (tertiary/aromatic N) is 2. The van der Waals surface area contributed by atoms with E-state index >= 15 is 0 Å². The number of ether oxygens (including phenoxy) is 1. The highest BCUT2D eigenvalue weighted by Crippen LogP contribution is 2.47. The number of halogens is 4. The molecule has 4 N–H and O–H groups in total. The van der Waals surface area contributed by atoms with Crippen LogP contribution in [-0.4, -0.2) is 46.2 Å². The average Bonchev–Trinajstić information content (AvgIpc) is 3.58. The summed E-state index contributed by atoms with van der Waals surface area (Å²) >= 11 is 1.13. The molecule has 4 aromatic rings. The van der Waals surface area contributed by atoms with Crippen molar-refractivity contribution in [2.75, 3.05) is 13.2 Å². The summed E-state index contributed by atoms with van der Waals surface area (Å²) in [6.45, 7) is -0.220. The Hall–Kier alpha value is -4.36. The molecular formula is C28H22F4N4O4S. The van der Waals surface area contributed by atoms with Crippen molar-refractivity contribution in [3.63, 3.8) is 0 Å². The van der Waals surface area contributed by atoms with Crippen LogP contribution in [0.15, 0.2) is 66.0 Å². The van der Waals surface area contributed by atoms with Gasteiger partial charge in [-0.1, -0.05) is 30.3 Å². The molecule has 1 unspecified atom stereocenters. The molecule has 2 atom stereocenters. The lowest BCUT2D eigenvalue weighted by Gasteiger charge is -2.31. The predicted octanol–water partition coefficient (Wildman–Crippen LogP) is 4.33. The van der Waals surface area contributed by atoms with Gasteiger partial charge in [-0.3, -0.25) is 9.59 Å². The minimum absolute atomic E-state index is 0.0221. The largest absolute Gasteiger partial charge is 0.489 e. The second-order valence-corrected chi connectivity index (χ2v) is 10.5. The third-order valence-corrected chi connectivity index (χ3v) is 7.78. The summed E-state index contributed by atoms with van der Waals surface area (Å²) in [7, 11) is 0. The van der Waals surface area contributed by atoms with Crippen LogP contribution in [0.5, 0.6) is 5.75 Å². The Balaban J connectivity index is 1.54. The van der Waals surface area contributed by atoms with Gasteiger partial charge in [0.1, 0.15) is 40.0 Å². The zero-order chi connectivity index (χ0) is 29.6. The van der Waals surface area contributed by atoms with Gasteiger partial charge in [-0.15, -0.1) is 11.3 Å². The van der Waals surface area contributed by atoms with Crippen molar-refractivity contribution in [1.82, 2.24) is 15.3 Å². The lowest BCUT2D eigenvalue weighted by atomic mass is 9.81. The molecule has 2 amide bonds. The van der Waals surface area contributed by atoms with Gasteiger partial charge in [-0.2, -0.15) is 13.2 Å². The third-order valence-electron chi connectivity index (χ3n) is 6.89. The third kappa shape index (κ3) is 5.02. The minimum Gasteiger partial charge on any atom is -0.489 e. The van der Waals surface area contributed by atoms with Crippen LogP contribution in [0, 0.1) is 5.82 Å². The van der Waals surface area contributed by atoms with Crippen molar-refractivity contribution >= 4 is 23.2 Å². The number of hydrogen-bond acceptors (Lipinski definition) is 7. The van der Waals surface area contributed by atoms with Gasteiger partial charge in [-0.05, 0) is 37.3 Å². The second-order valence-electron chi connectivity index (χ2n) is 9.67. The molecule has 0 fully saturated rings.